The third kappa shape index (κ3) is 3.72. The normalized spacial score (nSPS) is 18.0. The molecule has 0 amide bonds. The highest BCUT2D eigenvalue weighted by molar-refractivity contribution is 6.20. The smallest absolute Gasteiger partial charge is 0.346 e. The molecule has 164 valence electrons. The number of Topliss-reactive ketones (excluding diaryl/α,β-unsaturated/α-hetero) is 1. The molecule has 1 unspecified atom stereocenters. The minimum Gasteiger partial charge on any atom is -0.507 e. The number of rotatable bonds is 7. The molecule has 0 saturated carbocycles. The topological polar surface area (TPSA) is 79.4 Å². The van der Waals surface area contributed by atoms with Crippen LogP contribution in [0.1, 0.15) is 23.1 Å². The monoisotopic (exact) mass is 437 g/mol. The number of fused-ring (bicyclic) bond motifs is 1. The number of para-hydroxylation sites is 1. The fraction of sp³-hybridized carbons (Fsp3) is 0.143. The van der Waals surface area contributed by atoms with Gasteiger partial charge in [0.1, 0.15) is 5.57 Å². The summed E-state index contributed by atoms with van der Waals surface area (Å²) in [5.74, 6) is -1.55. The molecule has 0 fully saturated rings. The zero-order valence-electron chi connectivity index (χ0n) is 18.0. The summed E-state index contributed by atoms with van der Waals surface area (Å²) in [7, 11) is 0. The Balaban J connectivity index is 1.51. The number of carbonyl (C=O) groups excluding carboxylic acids is 2. The number of hydrogen-bond donors (Lipinski definition) is 2. The summed E-state index contributed by atoms with van der Waals surface area (Å²) in [6, 6.07) is 26.6. The molecule has 33 heavy (non-hydrogen) atoms. The van der Waals surface area contributed by atoms with Crippen molar-refractivity contribution in [3.05, 3.63) is 119 Å². The van der Waals surface area contributed by atoms with Crippen molar-refractivity contribution in [1.29, 1.82) is 0 Å². The van der Waals surface area contributed by atoms with Gasteiger partial charge in [0, 0.05) is 35.5 Å². The molecule has 5 nitrogen and oxygen atoms in total. The first-order valence-corrected chi connectivity index (χ1v) is 10.9. The van der Waals surface area contributed by atoms with Crippen molar-refractivity contribution in [2.75, 3.05) is 0 Å². The molecule has 0 aliphatic carbocycles. The van der Waals surface area contributed by atoms with Gasteiger partial charge in [-0.15, -0.1) is 0 Å². The van der Waals surface area contributed by atoms with E-state index in [9.17, 15) is 14.7 Å². The molecule has 0 radical (unpaired) electrons. The Morgan fingerprint density at radius 2 is 1.58 bits per heavy atom. The van der Waals surface area contributed by atoms with Crippen LogP contribution in [0.4, 0.5) is 0 Å². The number of aromatic amines is 1. The molecule has 1 aromatic heterocycles. The van der Waals surface area contributed by atoms with Gasteiger partial charge in [-0.05, 0) is 23.6 Å². The molecule has 1 aliphatic heterocycles. The maximum atomic E-state index is 13.2. The van der Waals surface area contributed by atoms with E-state index in [1.165, 1.54) is 0 Å². The number of aromatic nitrogens is 1. The average molecular weight is 437 g/mol. The highest BCUT2D eigenvalue weighted by Gasteiger charge is 2.51. The number of cyclic esters (lactones) is 1. The van der Waals surface area contributed by atoms with E-state index in [-0.39, 0.29) is 17.8 Å². The summed E-state index contributed by atoms with van der Waals surface area (Å²) in [5.41, 5.74) is 1.72. The zero-order valence-corrected chi connectivity index (χ0v) is 18.0. The quantitative estimate of drug-likeness (QED) is 0.309. The van der Waals surface area contributed by atoms with Crippen molar-refractivity contribution in [1.82, 2.24) is 4.98 Å². The van der Waals surface area contributed by atoms with Crippen LogP contribution >= 0.6 is 0 Å². The molecule has 3 aromatic carbocycles. The minimum absolute atomic E-state index is 0.0118. The number of carbonyl (C=O) groups is 2. The first kappa shape index (κ1) is 20.8. The number of esters is 1. The maximum absolute atomic E-state index is 13.2. The van der Waals surface area contributed by atoms with E-state index < -0.39 is 17.4 Å². The second kappa shape index (κ2) is 8.43. The number of aliphatic hydroxyl groups is 1. The van der Waals surface area contributed by atoms with Gasteiger partial charge in [-0.2, -0.15) is 0 Å². The Hall–Kier alpha value is -4.12. The number of H-pyrrole nitrogens is 1. The van der Waals surface area contributed by atoms with Crippen molar-refractivity contribution < 1.29 is 19.4 Å². The maximum Gasteiger partial charge on any atom is 0.346 e. The Morgan fingerprint density at radius 1 is 0.909 bits per heavy atom. The molecule has 2 heterocycles. The molecule has 5 heteroatoms. The molecule has 2 N–H and O–H groups in total. The molecule has 1 atom stereocenters. The predicted octanol–water partition coefficient (Wildman–Crippen LogP) is 5.18. The van der Waals surface area contributed by atoms with Crippen LogP contribution < -0.4 is 0 Å². The summed E-state index contributed by atoms with van der Waals surface area (Å²) >= 11 is 0. The van der Waals surface area contributed by atoms with Gasteiger partial charge in [-0.25, -0.2) is 4.79 Å². The van der Waals surface area contributed by atoms with Crippen LogP contribution in [0.15, 0.2) is 102 Å². The lowest BCUT2D eigenvalue weighted by atomic mass is 9.84. The van der Waals surface area contributed by atoms with E-state index in [1.54, 1.807) is 6.20 Å². The van der Waals surface area contributed by atoms with Gasteiger partial charge in [0.2, 0.25) is 0 Å². The lowest BCUT2D eigenvalue weighted by Gasteiger charge is -2.29. The molecule has 0 saturated heterocycles. The van der Waals surface area contributed by atoms with E-state index in [0.717, 1.165) is 22.0 Å². The van der Waals surface area contributed by atoms with Gasteiger partial charge in [0.15, 0.2) is 17.1 Å². The van der Waals surface area contributed by atoms with Gasteiger partial charge in [-0.1, -0.05) is 78.9 Å². The minimum atomic E-state index is -1.39. The Bertz CT molecular complexity index is 1350. The van der Waals surface area contributed by atoms with Crippen LogP contribution in [-0.2, 0) is 32.8 Å². The fourth-order valence-electron chi connectivity index (χ4n) is 4.52. The van der Waals surface area contributed by atoms with Gasteiger partial charge < -0.3 is 14.8 Å². The second-order valence-corrected chi connectivity index (χ2v) is 8.25. The lowest BCUT2D eigenvalue weighted by Crippen LogP contribution is -2.30. The standard InChI is InChI=1S/C28H23NO4/c30-24(17-20-18-29-23-14-8-7-13-22(20)23)25-26(31)28(33-27(25)32,21-11-5-2-6-12-21)16-15-19-9-3-1-4-10-19/h1-14,18,29,31H,15-17H2. The van der Waals surface area contributed by atoms with Crippen molar-refractivity contribution in [3.63, 3.8) is 0 Å². The third-order valence-electron chi connectivity index (χ3n) is 6.24. The number of ketones is 1. The van der Waals surface area contributed by atoms with Crippen molar-refractivity contribution in [3.8, 4) is 0 Å². The number of benzene rings is 3. The molecule has 0 spiro atoms. The molecule has 1 aliphatic rings. The van der Waals surface area contributed by atoms with Gasteiger partial charge in [0.25, 0.3) is 0 Å². The molecular weight excluding hydrogens is 414 g/mol. The van der Waals surface area contributed by atoms with Crippen LogP contribution in [0.3, 0.4) is 0 Å². The zero-order chi connectivity index (χ0) is 22.8. The van der Waals surface area contributed by atoms with Gasteiger partial charge >= 0.3 is 5.97 Å². The van der Waals surface area contributed by atoms with E-state index in [2.05, 4.69) is 4.98 Å². The number of ether oxygens (including phenoxy) is 1. The third-order valence-corrected chi connectivity index (χ3v) is 6.24. The summed E-state index contributed by atoms with van der Waals surface area (Å²) in [4.78, 5) is 29.3. The van der Waals surface area contributed by atoms with Crippen molar-refractivity contribution in [2.24, 2.45) is 0 Å². The van der Waals surface area contributed by atoms with Crippen LogP contribution in [0.25, 0.3) is 10.9 Å². The highest BCUT2D eigenvalue weighted by Crippen LogP contribution is 2.44. The lowest BCUT2D eigenvalue weighted by molar-refractivity contribution is -0.150. The van der Waals surface area contributed by atoms with E-state index in [4.69, 9.17) is 4.74 Å². The summed E-state index contributed by atoms with van der Waals surface area (Å²) in [6.45, 7) is 0. The van der Waals surface area contributed by atoms with Crippen molar-refractivity contribution in [2.45, 2.75) is 24.9 Å². The van der Waals surface area contributed by atoms with E-state index >= 15 is 0 Å². The summed E-state index contributed by atoms with van der Waals surface area (Å²) in [5, 5.41) is 12.2. The highest BCUT2D eigenvalue weighted by atomic mass is 16.6. The number of nitrogens with one attached hydrogen (secondary N) is 1. The SMILES string of the molecule is O=C(Cc1c[nH]c2ccccc12)C1=C(O)C(CCc2ccccc2)(c2ccccc2)OC1=O. The molecule has 5 rings (SSSR count). The molecule has 0 bridgehead atoms. The largest absolute Gasteiger partial charge is 0.507 e. The summed E-state index contributed by atoms with van der Waals surface area (Å²) in [6.07, 6.45) is 2.64. The van der Waals surface area contributed by atoms with Gasteiger partial charge in [-0.3, -0.25) is 4.79 Å². The molecular formula is C28H23NO4. The second-order valence-electron chi connectivity index (χ2n) is 8.25. The average Bonchev–Trinajstić information content (AvgIpc) is 3.37. The Morgan fingerprint density at radius 3 is 2.33 bits per heavy atom. The van der Waals surface area contributed by atoms with Crippen LogP contribution in [0.5, 0.6) is 0 Å². The van der Waals surface area contributed by atoms with Gasteiger partial charge in [0.05, 0.1) is 0 Å². The van der Waals surface area contributed by atoms with Crippen LogP contribution in [0, 0.1) is 0 Å². The number of aliphatic hydroxyl groups excluding tert-OH is 1. The van der Waals surface area contributed by atoms with Crippen molar-refractivity contribution >= 4 is 22.7 Å². The number of hydrogen-bond acceptors (Lipinski definition) is 4. The van der Waals surface area contributed by atoms with E-state index in [0.29, 0.717) is 18.4 Å². The summed E-state index contributed by atoms with van der Waals surface area (Å²) < 4.78 is 5.82. The van der Waals surface area contributed by atoms with Crippen LogP contribution in [-0.4, -0.2) is 21.8 Å². The fourth-order valence-corrected chi connectivity index (χ4v) is 4.52. The van der Waals surface area contributed by atoms with Crippen LogP contribution in [0.2, 0.25) is 0 Å². The van der Waals surface area contributed by atoms with E-state index in [1.807, 2.05) is 84.9 Å². The predicted molar refractivity (Wildman–Crippen MR) is 126 cm³/mol. The number of aryl methyl sites for hydroxylation is 1. The Labute approximate surface area is 191 Å². The first-order valence-electron chi connectivity index (χ1n) is 10.9. The first-order chi connectivity index (χ1) is 16.1. The molecule has 4 aromatic rings. The Kier molecular flexibility index (Phi) is 5.31.